The summed E-state index contributed by atoms with van der Waals surface area (Å²) >= 11 is 0. The molecule has 0 unspecified atom stereocenters. The van der Waals surface area contributed by atoms with Gasteiger partial charge in [-0.3, -0.25) is 0 Å². The fourth-order valence-corrected chi connectivity index (χ4v) is 1.62. The molecule has 0 saturated heterocycles. The van der Waals surface area contributed by atoms with Crippen LogP contribution in [0.5, 0.6) is 5.75 Å². The average Bonchev–Trinajstić information content (AvgIpc) is 2.17. The van der Waals surface area contributed by atoms with E-state index < -0.39 is 0 Å². The number of rotatable bonds is 1. The molecule has 0 aromatic heterocycles. The molecule has 1 aliphatic heterocycles. The SMILES string of the molecule is Cl.NCc1cccc2c1OCCC2. The summed E-state index contributed by atoms with van der Waals surface area (Å²) in [5, 5.41) is 0. The molecule has 2 N–H and O–H groups in total. The number of nitrogens with two attached hydrogens (primary N) is 1. The van der Waals surface area contributed by atoms with Crippen LogP contribution in [0.3, 0.4) is 0 Å². The monoisotopic (exact) mass is 199 g/mol. The highest BCUT2D eigenvalue weighted by Crippen LogP contribution is 2.28. The fourth-order valence-electron chi connectivity index (χ4n) is 1.62. The third-order valence-corrected chi connectivity index (χ3v) is 2.23. The van der Waals surface area contributed by atoms with E-state index in [-0.39, 0.29) is 12.4 Å². The predicted molar refractivity (Wildman–Crippen MR) is 55.4 cm³/mol. The molecule has 1 aromatic carbocycles. The lowest BCUT2D eigenvalue weighted by Crippen LogP contribution is -2.11. The van der Waals surface area contributed by atoms with Gasteiger partial charge in [-0.2, -0.15) is 0 Å². The van der Waals surface area contributed by atoms with Crippen molar-refractivity contribution < 1.29 is 4.74 Å². The fraction of sp³-hybridized carbons (Fsp3) is 0.400. The number of aryl methyl sites for hydroxylation is 1. The third-order valence-electron chi connectivity index (χ3n) is 2.23. The molecule has 3 heteroatoms. The molecule has 0 bridgehead atoms. The van der Waals surface area contributed by atoms with Crippen molar-refractivity contribution >= 4 is 12.4 Å². The molecule has 0 saturated carbocycles. The summed E-state index contributed by atoms with van der Waals surface area (Å²) in [4.78, 5) is 0. The maximum absolute atomic E-state index is 5.59. The topological polar surface area (TPSA) is 35.2 Å². The lowest BCUT2D eigenvalue weighted by Gasteiger charge is -2.19. The Kier molecular flexibility index (Phi) is 3.58. The van der Waals surface area contributed by atoms with Gasteiger partial charge in [0.05, 0.1) is 6.61 Å². The lowest BCUT2D eigenvalue weighted by atomic mass is 10.0. The molecule has 0 spiro atoms. The Balaban J connectivity index is 0.000000845. The number of ether oxygens (including phenoxy) is 1. The van der Waals surface area contributed by atoms with Crippen LogP contribution in [0.2, 0.25) is 0 Å². The molecule has 1 heterocycles. The van der Waals surface area contributed by atoms with E-state index >= 15 is 0 Å². The maximum Gasteiger partial charge on any atom is 0.126 e. The zero-order chi connectivity index (χ0) is 8.39. The molecule has 0 atom stereocenters. The Morgan fingerprint density at radius 3 is 3.00 bits per heavy atom. The van der Waals surface area contributed by atoms with Gasteiger partial charge in [0.15, 0.2) is 0 Å². The standard InChI is InChI=1S/C10H13NO.ClH/c11-7-9-4-1-3-8-5-2-6-12-10(8)9;/h1,3-4H,2,5-7,11H2;1H. The molecule has 13 heavy (non-hydrogen) atoms. The summed E-state index contributed by atoms with van der Waals surface area (Å²) in [7, 11) is 0. The van der Waals surface area contributed by atoms with Crippen LogP contribution < -0.4 is 10.5 Å². The molecule has 2 rings (SSSR count). The van der Waals surface area contributed by atoms with E-state index in [2.05, 4.69) is 12.1 Å². The summed E-state index contributed by atoms with van der Waals surface area (Å²) in [5.41, 5.74) is 8.04. The van der Waals surface area contributed by atoms with Crippen molar-refractivity contribution in [2.45, 2.75) is 19.4 Å². The maximum atomic E-state index is 5.59. The zero-order valence-electron chi connectivity index (χ0n) is 7.45. The first-order chi connectivity index (χ1) is 5.92. The van der Waals surface area contributed by atoms with Crippen LogP contribution >= 0.6 is 12.4 Å². The second-order valence-corrected chi connectivity index (χ2v) is 3.06. The van der Waals surface area contributed by atoms with E-state index in [1.54, 1.807) is 0 Å². The minimum atomic E-state index is 0. The van der Waals surface area contributed by atoms with Gasteiger partial charge in [0.2, 0.25) is 0 Å². The Morgan fingerprint density at radius 2 is 2.23 bits per heavy atom. The van der Waals surface area contributed by atoms with Crippen LogP contribution in [0, 0.1) is 0 Å². The number of hydrogen-bond donors (Lipinski definition) is 1. The highest BCUT2D eigenvalue weighted by Gasteiger charge is 2.12. The Morgan fingerprint density at radius 1 is 1.38 bits per heavy atom. The second kappa shape index (κ2) is 4.49. The van der Waals surface area contributed by atoms with Gasteiger partial charge in [0.1, 0.15) is 5.75 Å². The molecule has 0 fully saturated rings. The van der Waals surface area contributed by atoms with Gasteiger partial charge in [0, 0.05) is 12.1 Å². The molecular formula is C10H14ClNO. The van der Waals surface area contributed by atoms with Gasteiger partial charge in [0.25, 0.3) is 0 Å². The molecule has 1 aliphatic rings. The summed E-state index contributed by atoms with van der Waals surface area (Å²) in [6.07, 6.45) is 2.25. The molecule has 0 aliphatic carbocycles. The van der Waals surface area contributed by atoms with Gasteiger partial charge in [-0.1, -0.05) is 18.2 Å². The minimum absolute atomic E-state index is 0. The number of para-hydroxylation sites is 1. The van der Waals surface area contributed by atoms with Gasteiger partial charge in [-0.15, -0.1) is 12.4 Å². The highest BCUT2D eigenvalue weighted by molar-refractivity contribution is 5.85. The van der Waals surface area contributed by atoms with Crippen LogP contribution in [-0.4, -0.2) is 6.61 Å². The van der Waals surface area contributed by atoms with Gasteiger partial charge in [-0.25, -0.2) is 0 Å². The minimum Gasteiger partial charge on any atom is -0.493 e. The number of hydrogen-bond acceptors (Lipinski definition) is 2. The smallest absolute Gasteiger partial charge is 0.126 e. The number of halogens is 1. The van der Waals surface area contributed by atoms with Crippen molar-refractivity contribution in [3.63, 3.8) is 0 Å². The van der Waals surface area contributed by atoms with Crippen LogP contribution in [0.1, 0.15) is 17.5 Å². The molecule has 1 aromatic rings. The van der Waals surface area contributed by atoms with Crippen LogP contribution in [0.4, 0.5) is 0 Å². The van der Waals surface area contributed by atoms with Crippen molar-refractivity contribution in [1.29, 1.82) is 0 Å². The first-order valence-electron chi connectivity index (χ1n) is 4.35. The van der Waals surface area contributed by atoms with E-state index in [9.17, 15) is 0 Å². The first-order valence-corrected chi connectivity index (χ1v) is 4.35. The van der Waals surface area contributed by atoms with E-state index in [0.717, 1.165) is 30.8 Å². The normalized spacial score (nSPS) is 13.9. The summed E-state index contributed by atoms with van der Waals surface area (Å²) in [6, 6.07) is 6.20. The molecule has 2 nitrogen and oxygen atoms in total. The van der Waals surface area contributed by atoms with E-state index in [1.165, 1.54) is 5.56 Å². The molecule has 0 radical (unpaired) electrons. The van der Waals surface area contributed by atoms with Crippen molar-refractivity contribution in [1.82, 2.24) is 0 Å². The summed E-state index contributed by atoms with van der Waals surface area (Å²) in [5.74, 6) is 1.03. The van der Waals surface area contributed by atoms with Crippen molar-refractivity contribution in [3.05, 3.63) is 29.3 Å². The molecule has 0 amide bonds. The van der Waals surface area contributed by atoms with Crippen LogP contribution in [0.15, 0.2) is 18.2 Å². The van der Waals surface area contributed by atoms with Crippen molar-refractivity contribution in [2.75, 3.05) is 6.61 Å². The third kappa shape index (κ3) is 1.95. The quantitative estimate of drug-likeness (QED) is 0.750. The van der Waals surface area contributed by atoms with Crippen molar-refractivity contribution in [2.24, 2.45) is 5.73 Å². The summed E-state index contributed by atoms with van der Waals surface area (Å²) < 4.78 is 5.57. The van der Waals surface area contributed by atoms with E-state index in [0.29, 0.717) is 6.54 Å². The zero-order valence-corrected chi connectivity index (χ0v) is 8.27. The first kappa shape index (κ1) is 10.4. The Bertz CT molecular complexity index is 274. The van der Waals surface area contributed by atoms with Crippen LogP contribution in [-0.2, 0) is 13.0 Å². The van der Waals surface area contributed by atoms with Gasteiger partial charge >= 0.3 is 0 Å². The van der Waals surface area contributed by atoms with Crippen molar-refractivity contribution in [3.8, 4) is 5.75 Å². The number of fused-ring (bicyclic) bond motifs is 1. The van der Waals surface area contributed by atoms with E-state index in [4.69, 9.17) is 10.5 Å². The molecular weight excluding hydrogens is 186 g/mol. The number of benzene rings is 1. The highest BCUT2D eigenvalue weighted by atomic mass is 35.5. The predicted octanol–water partition coefficient (Wildman–Crippen LogP) is 1.89. The second-order valence-electron chi connectivity index (χ2n) is 3.06. The van der Waals surface area contributed by atoms with Crippen LogP contribution in [0.25, 0.3) is 0 Å². The Labute approximate surface area is 84.5 Å². The Hall–Kier alpha value is -0.730. The average molecular weight is 200 g/mol. The van der Waals surface area contributed by atoms with E-state index in [1.807, 2.05) is 6.07 Å². The van der Waals surface area contributed by atoms with Gasteiger partial charge < -0.3 is 10.5 Å². The van der Waals surface area contributed by atoms with Gasteiger partial charge in [-0.05, 0) is 18.4 Å². The molecule has 72 valence electrons. The lowest BCUT2D eigenvalue weighted by molar-refractivity contribution is 0.285. The largest absolute Gasteiger partial charge is 0.493 e. The summed E-state index contributed by atoms with van der Waals surface area (Å²) in [6.45, 7) is 1.41.